The molecule has 2 saturated heterocycles. The second-order valence-electron chi connectivity index (χ2n) is 8.34. The van der Waals surface area contributed by atoms with Crippen LogP contribution in [0.25, 0.3) is 0 Å². The number of hydrogen-bond donors (Lipinski definition) is 0. The minimum atomic E-state index is -0.0171. The van der Waals surface area contributed by atoms with Crippen LogP contribution in [0, 0.1) is 17.8 Å². The highest BCUT2D eigenvalue weighted by Gasteiger charge is 2.25. The van der Waals surface area contributed by atoms with Gasteiger partial charge in [0, 0.05) is 12.5 Å². The van der Waals surface area contributed by atoms with Crippen LogP contribution in [-0.2, 0) is 14.2 Å². The van der Waals surface area contributed by atoms with Gasteiger partial charge in [0.05, 0.1) is 19.3 Å². The lowest BCUT2D eigenvalue weighted by atomic mass is 9.83. The molecule has 0 radical (unpaired) electrons. The van der Waals surface area contributed by atoms with E-state index in [9.17, 15) is 0 Å². The SMILES string of the molecule is CC1=CCC(CCC2CCC(CCC3COC(C)OC3)OC2)CC1. The summed E-state index contributed by atoms with van der Waals surface area (Å²) in [5.74, 6) is 2.29. The Morgan fingerprint density at radius 3 is 2.21 bits per heavy atom. The summed E-state index contributed by atoms with van der Waals surface area (Å²) in [5.41, 5.74) is 1.60. The molecule has 2 fully saturated rings. The topological polar surface area (TPSA) is 27.7 Å². The van der Waals surface area contributed by atoms with Gasteiger partial charge in [-0.25, -0.2) is 0 Å². The Bertz CT molecular complexity index is 390. The fourth-order valence-electron chi connectivity index (χ4n) is 4.30. The molecule has 0 N–H and O–H groups in total. The van der Waals surface area contributed by atoms with Crippen molar-refractivity contribution in [2.75, 3.05) is 19.8 Å². The molecule has 0 aromatic heterocycles. The zero-order valence-corrected chi connectivity index (χ0v) is 15.7. The van der Waals surface area contributed by atoms with Gasteiger partial charge in [-0.15, -0.1) is 0 Å². The molecule has 3 atom stereocenters. The second-order valence-corrected chi connectivity index (χ2v) is 8.34. The van der Waals surface area contributed by atoms with Gasteiger partial charge < -0.3 is 14.2 Å². The summed E-state index contributed by atoms with van der Waals surface area (Å²) in [7, 11) is 0. The molecule has 24 heavy (non-hydrogen) atoms. The fourth-order valence-corrected chi connectivity index (χ4v) is 4.30. The Kier molecular flexibility index (Phi) is 7.18. The Morgan fingerprint density at radius 2 is 1.54 bits per heavy atom. The van der Waals surface area contributed by atoms with E-state index in [0.29, 0.717) is 12.0 Å². The van der Waals surface area contributed by atoms with Crippen LogP contribution in [0.1, 0.15) is 71.6 Å². The highest BCUT2D eigenvalue weighted by molar-refractivity contribution is 5.02. The summed E-state index contributed by atoms with van der Waals surface area (Å²) >= 11 is 0. The van der Waals surface area contributed by atoms with E-state index in [-0.39, 0.29) is 6.29 Å². The zero-order chi connectivity index (χ0) is 16.8. The molecule has 138 valence electrons. The van der Waals surface area contributed by atoms with Crippen LogP contribution in [0.3, 0.4) is 0 Å². The van der Waals surface area contributed by atoms with E-state index in [4.69, 9.17) is 14.2 Å². The van der Waals surface area contributed by atoms with Gasteiger partial charge in [-0.05, 0) is 83.5 Å². The van der Waals surface area contributed by atoms with Gasteiger partial charge in [0.1, 0.15) is 0 Å². The monoisotopic (exact) mass is 336 g/mol. The van der Waals surface area contributed by atoms with Crippen molar-refractivity contribution in [1.29, 1.82) is 0 Å². The van der Waals surface area contributed by atoms with Crippen LogP contribution >= 0.6 is 0 Å². The lowest BCUT2D eigenvalue weighted by Gasteiger charge is -2.32. The first-order valence-electron chi connectivity index (χ1n) is 10.2. The first kappa shape index (κ1) is 18.4. The summed E-state index contributed by atoms with van der Waals surface area (Å²) < 4.78 is 17.3. The molecule has 0 spiro atoms. The second kappa shape index (κ2) is 9.35. The predicted molar refractivity (Wildman–Crippen MR) is 96.9 cm³/mol. The smallest absolute Gasteiger partial charge is 0.154 e. The molecule has 3 aliphatic rings. The third-order valence-electron chi connectivity index (χ3n) is 6.22. The maximum atomic E-state index is 6.17. The standard InChI is InChI=1S/C21H36O3/c1-16-3-5-18(6-4-16)7-8-19-9-11-21(24-13-19)12-10-20-14-22-17(2)23-15-20/h3,17-21H,4-15H2,1-2H3. The van der Waals surface area contributed by atoms with Crippen molar-refractivity contribution < 1.29 is 14.2 Å². The fraction of sp³-hybridized carbons (Fsp3) is 0.905. The molecule has 0 aromatic carbocycles. The Morgan fingerprint density at radius 1 is 0.833 bits per heavy atom. The summed E-state index contributed by atoms with van der Waals surface area (Å²) in [6.07, 6.45) is 14.7. The van der Waals surface area contributed by atoms with Crippen LogP contribution in [0.4, 0.5) is 0 Å². The number of allylic oxidation sites excluding steroid dienone is 2. The summed E-state index contributed by atoms with van der Waals surface area (Å²) in [6, 6.07) is 0. The number of rotatable bonds is 6. The number of ether oxygens (including phenoxy) is 3. The highest BCUT2D eigenvalue weighted by Crippen LogP contribution is 2.32. The minimum Gasteiger partial charge on any atom is -0.378 e. The van der Waals surface area contributed by atoms with Crippen LogP contribution < -0.4 is 0 Å². The van der Waals surface area contributed by atoms with Crippen molar-refractivity contribution in [2.45, 2.75) is 84.0 Å². The van der Waals surface area contributed by atoms with E-state index in [2.05, 4.69) is 13.0 Å². The minimum absolute atomic E-state index is 0.0171. The van der Waals surface area contributed by atoms with Crippen molar-refractivity contribution in [3.05, 3.63) is 11.6 Å². The molecule has 0 bridgehead atoms. The molecule has 2 heterocycles. The van der Waals surface area contributed by atoms with E-state index in [1.807, 2.05) is 6.92 Å². The van der Waals surface area contributed by atoms with E-state index in [0.717, 1.165) is 31.7 Å². The third-order valence-corrected chi connectivity index (χ3v) is 6.22. The lowest BCUT2D eigenvalue weighted by molar-refractivity contribution is -0.192. The number of hydrogen-bond acceptors (Lipinski definition) is 3. The molecule has 0 aromatic rings. The van der Waals surface area contributed by atoms with E-state index in [1.54, 1.807) is 5.57 Å². The van der Waals surface area contributed by atoms with Gasteiger partial charge in [-0.3, -0.25) is 0 Å². The molecule has 3 unspecified atom stereocenters. The molecule has 3 heteroatoms. The van der Waals surface area contributed by atoms with Gasteiger partial charge in [-0.1, -0.05) is 11.6 Å². The van der Waals surface area contributed by atoms with Crippen LogP contribution in [0.5, 0.6) is 0 Å². The normalized spacial score (nSPS) is 37.9. The maximum absolute atomic E-state index is 6.17. The third kappa shape index (κ3) is 5.86. The van der Waals surface area contributed by atoms with E-state index < -0.39 is 0 Å². The quantitative estimate of drug-likeness (QED) is 0.632. The molecular weight excluding hydrogens is 300 g/mol. The summed E-state index contributed by atoms with van der Waals surface area (Å²) in [6.45, 7) is 6.95. The lowest BCUT2D eigenvalue weighted by Crippen LogP contribution is -2.32. The summed E-state index contributed by atoms with van der Waals surface area (Å²) in [5, 5.41) is 0. The average Bonchev–Trinajstić information content (AvgIpc) is 2.62. The van der Waals surface area contributed by atoms with Gasteiger partial charge in [-0.2, -0.15) is 0 Å². The van der Waals surface area contributed by atoms with Gasteiger partial charge >= 0.3 is 0 Å². The Balaban J connectivity index is 1.26. The van der Waals surface area contributed by atoms with E-state index >= 15 is 0 Å². The molecule has 0 saturated carbocycles. The molecule has 1 aliphatic carbocycles. The van der Waals surface area contributed by atoms with Crippen LogP contribution in [-0.4, -0.2) is 32.2 Å². The molecule has 0 amide bonds. The Labute approximate surface area is 148 Å². The molecule has 3 rings (SSSR count). The zero-order valence-electron chi connectivity index (χ0n) is 15.7. The van der Waals surface area contributed by atoms with Crippen molar-refractivity contribution in [2.24, 2.45) is 17.8 Å². The molecule has 2 aliphatic heterocycles. The van der Waals surface area contributed by atoms with Crippen molar-refractivity contribution in [3.8, 4) is 0 Å². The van der Waals surface area contributed by atoms with Gasteiger partial charge in [0.25, 0.3) is 0 Å². The van der Waals surface area contributed by atoms with Crippen LogP contribution in [0.2, 0.25) is 0 Å². The first-order chi connectivity index (χ1) is 11.7. The van der Waals surface area contributed by atoms with Gasteiger partial charge in [0.2, 0.25) is 0 Å². The van der Waals surface area contributed by atoms with Crippen molar-refractivity contribution in [1.82, 2.24) is 0 Å². The van der Waals surface area contributed by atoms with Crippen LogP contribution in [0.15, 0.2) is 11.6 Å². The molecular formula is C21H36O3. The first-order valence-corrected chi connectivity index (χ1v) is 10.2. The molecule has 3 nitrogen and oxygen atoms in total. The highest BCUT2D eigenvalue weighted by atomic mass is 16.7. The predicted octanol–water partition coefficient (Wildman–Crippen LogP) is 5.10. The Hall–Kier alpha value is -0.380. The average molecular weight is 337 g/mol. The largest absolute Gasteiger partial charge is 0.378 e. The van der Waals surface area contributed by atoms with E-state index in [1.165, 1.54) is 57.8 Å². The summed E-state index contributed by atoms with van der Waals surface area (Å²) in [4.78, 5) is 0. The van der Waals surface area contributed by atoms with Crippen molar-refractivity contribution >= 4 is 0 Å². The van der Waals surface area contributed by atoms with Gasteiger partial charge in [0.15, 0.2) is 6.29 Å². The maximum Gasteiger partial charge on any atom is 0.154 e. The van der Waals surface area contributed by atoms with Crippen molar-refractivity contribution in [3.63, 3.8) is 0 Å².